The number of carbonyl (C=O) groups excluding carboxylic acids is 2. The molecule has 11 nitrogen and oxygen atoms in total. The number of aryl methyl sites for hydroxylation is 3. The van der Waals surface area contributed by atoms with Gasteiger partial charge in [-0.15, -0.1) is 0 Å². The van der Waals surface area contributed by atoms with Crippen LogP contribution in [0, 0.1) is 19.7 Å². The fourth-order valence-corrected chi connectivity index (χ4v) is 8.69. The molecule has 1 amide bonds. The zero-order chi connectivity index (χ0) is 42.4. The molecule has 7 rings (SSSR count). The number of hydrogen-bond donors (Lipinski definition) is 0. The van der Waals surface area contributed by atoms with E-state index in [4.69, 9.17) is 30.9 Å². The summed E-state index contributed by atoms with van der Waals surface area (Å²) < 4.78 is 36.1. The molecule has 2 fully saturated rings. The van der Waals surface area contributed by atoms with Crippen molar-refractivity contribution in [1.29, 1.82) is 0 Å². The summed E-state index contributed by atoms with van der Waals surface area (Å²) in [5.74, 6) is 0.0133. The summed E-state index contributed by atoms with van der Waals surface area (Å²) in [6, 6.07) is 14.6. The number of aromatic nitrogens is 3. The number of carbonyl (C=O) groups is 2. The highest BCUT2D eigenvalue weighted by Crippen LogP contribution is 2.42. The van der Waals surface area contributed by atoms with Crippen LogP contribution in [0.5, 0.6) is 5.75 Å². The van der Waals surface area contributed by atoms with Gasteiger partial charge in [0.1, 0.15) is 28.5 Å². The average Bonchev–Trinajstić information content (AvgIpc) is 3.58. The summed E-state index contributed by atoms with van der Waals surface area (Å²) in [5, 5.41) is 7.90. The zero-order valence-electron chi connectivity index (χ0n) is 36.0. The zero-order valence-corrected chi connectivity index (χ0v) is 36.7. The predicted octanol–water partition coefficient (Wildman–Crippen LogP) is 8.81. The summed E-state index contributed by atoms with van der Waals surface area (Å²) in [4.78, 5) is 33.8. The Morgan fingerprint density at radius 2 is 1.58 bits per heavy atom. The maximum Gasteiger partial charge on any atom is 0.410 e. The molecule has 2 aromatic heterocycles. The van der Waals surface area contributed by atoms with E-state index < -0.39 is 11.2 Å². The molecule has 2 aliphatic rings. The summed E-state index contributed by atoms with van der Waals surface area (Å²) >= 11 is 7.18. The SMILES string of the molecule is Cc1nn(C)c(C)c1-c1c(Cl)ccc2c(CCCOc3cccc4cc(F)ccc34)c(C(=O)OC(C)(C)C)n(CCN3CCN(C4CN(C(=O)OC(C)(C)C)C4)CC3)c12. The van der Waals surface area contributed by atoms with Gasteiger partial charge in [0.25, 0.3) is 0 Å². The van der Waals surface area contributed by atoms with Crippen molar-refractivity contribution in [2.24, 2.45) is 7.05 Å². The Morgan fingerprint density at radius 3 is 2.24 bits per heavy atom. The molecule has 4 heterocycles. The van der Waals surface area contributed by atoms with Gasteiger partial charge in [0.15, 0.2) is 0 Å². The lowest BCUT2D eigenvalue weighted by Crippen LogP contribution is -2.64. The number of ether oxygens (including phenoxy) is 3. The van der Waals surface area contributed by atoms with Crippen LogP contribution in [0.25, 0.3) is 32.8 Å². The number of amides is 1. The van der Waals surface area contributed by atoms with Crippen LogP contribution >= 0.6 is 11.6 Å². The number of likely N-dealkylation sites (tertiary alicyclic amines) is 1. The van der Waals surface area contributed by atoms with Crippen LogP contribution in [0.4, 0.5) is 9.18 Å². The van der Waals surface area contributed by atoms with Crippen molar-refractivity contribution in [2.75, 3.05) is 52.4 Å². The van der Waals surface area contributed by atoms with E-state index in [9.17, 15) is 14.0 Å². The van der Waals surface area contributed by atoms with E-state index in [0.717, 1.165) is 75.9 Å². The van der Waals surface area contributed by atoms with E-state index in [1.807, 2.05) is 97.5 Å². The van der Waals surface area contributed by atoms with Gasteiger partial charge in [-0.3, -0.25) is 14.5 Å². The highest BCUT2D eigenvalue weighted by molar-refractivity contribution is 6.35. The molecule has 0 unspecified atom stereocenters. The Kier molecular flexibility index (Phi) is 12.1. The first-order valence-corrected chi connectivity index (χ1v) is 21.1. The fraction of sp³-hybridized carbons (Fsp3) is 0.500. The Bertz CT molecular complexity index is 2360. The van der Waals surface area contributed by atoms with Crippen molar-refractivity contribution >= 4 is 45.3 Å². The standard InChI is InChI=1S/C46H58ClFN6O5/c1-29-39(30(2)50(9)49-29)40-37(47)18-17-36-35(13-11-25-57-38-14-10-12-31-26-32(48)15-16-34(31)38)42(43(55)58-45(3,4)5)54(41(36)40)24-21-51-19-22-52(23-20-51)33-27-53(28-33)44(56)59-46(6,7)8/h10,12,14-18,26,33H,11,13,19-25,27-28H2,1-9H3. The molecule has 2 aliphatic heterocycles. The van der Waals surface area contributed by atoms with E-state index in [1.54, 1.807) is 11.0 Å². The van der Waals surface area contributed by atoms with Gasteiger partial charge in [-0.05, 0) is 110 Å². The minimum Gasteiger partial charge on any atom is -0.493 e. The largest absolute Gasteiger partial charge is 0.493 e. The van der Waals surface area contributed by atoms with Gasteiger partial charge in [0, 0.05) is 93.0 Å². The van der Waals surface area contributed by atoms with Crippen LogP contribution in [0.2, 0.25) is 5.02 Å². The maximum atomic E-state index is 14.5. The fourth-order valence-electron chi connectivity index (χ4n) is 8.44. The van der Waals surface area contributed by atoms with Crippen molar-refractivity contribution in [3.8, 4) is 16.9 Å². The molecule has 2 saturated heterocycles. The first kappa shape index (κ1) is 42.5. The molecule has 0 bridgehead atoms. The topological polar surface area (TPSA) is 94.3 Å². The number of hydrogen-bond acceptors (Lipinski definition) is 8. The second kappa shape index (κ2) is 16.8. The number of piperazine rings is 1. The highest BCUT2D eigenvalue weighted by atomic mass is 35.5. The molecule has 13 heteroatoms. The number of benzene rings is 3. The molecular weight excluding hydrogens is 771 g/mol. The minimum absolute atomic E-state index is 0.252. The van der Waals surface area contributed by atoms with Crippen LogP contribution in [0.1, 0.15) is 75.4 Å². The number of fused-ring (bicyclic) bond motifs is 2. The Hall–Kier alpha value is -4.65. The number of halogens is 2. The lowest BCUT2D eigenvalue weighted by atomic mass is 9.98. The van der Waals surface area contributed by atoms with Gasteiger partial charge in [-0.25, -0.2) is 14.0 Å². The van der Waals surface area contributed by atoms with E-state index in [2.05, 4.69) is 14.4 Å². The lowest BCUT2D eigenvalue weighted by Gasteiger charge is -2.48. The summed E-state index contributed by atoms with van der Waals surface area (Å²) in [6.07, 6.45) is 0.908. The quantitative estimate of drug-likeness (QED) is 0.0964. The molecule has 5 aromatic rings. The number of esters is 1. The van der Waals surface area contributed by atoms with Gasteiger partial charge in [0.2, 0.25) is 0 Å². The molecule has 0 atom stereocenters. The van der Waals surface area contributed by atoms with Crippen LogP contribution < -0.4 is 4.74 Å². The van der Waals surface area contributed by atoms with Crippen LogP contribution in [-0.4, -0.2) is 111 Å². The molecule has 0 spiro atoms. The first-order chi connectivity index (χ1) is 27.9. The van der Waals surface area contributed by atoms with Gasteiger partial charge in [-0.1, -0.05) is 29.8 Å². The smallest absolute Gasteiger partial charge is 0.410 e. The van der Waals surface area contributed by atoms with Crippen LogP contribution in [-0.2, 0) is 29.5 Å². The highest BCUT2D eigenvalue weighted by Gasteiger charge is 2.38. The molecule has 0 aliphatic carbocycles. The van der Waals surface area contributed by atoms with Crippen molar-refractivity contribution in [3.63, 3.8) is 0 Å². The molecule has 0 N–H and O–H groups in total. The lowest BCUT2D eigenvalue weighted by molar-refractivity contribution is -0.0248. The molecule has 0 saturated carbocycles. The van der Waals surface area contributed by atoms with E-state index >= 15 is 0 Å². The predicted molar refractivity (Wildman–Crippen MR) is 231 cm³/mol. The normalized spacial score (nSPS) is 15.9. The first-order valence-electron chi connectivity index (χ1n) is 20.7. The molecule has 59 heavy (non-hydrogen) atoms. The average molecular weight is 829 g/mol. The van der Waals surface area contributed by atoms with E-state index in [1.165, 1.54) is 12.1 Å². The third-order valence-electron chi connectivity index (χ3n) is 11.3. The second-order valence-electron chi connectivity index (χ2n) is 18.0. The Balaban J connectivity index is 1.18. The van der Waals surface area contributed by atoms with Crippen molar-refractivity contribution in [3.05, 3.63) is 82.0 Å². The second-order valence-corrected chi connectivity index (χ2v) is 18.4. The van der Waals surface area contributed by atoms with Crippen LogP contribution in [0.15, 0.2) is 48.5 Å². The van der Waals surface area contributed by atoms with E-state index in [0.29, 0.717) is 68.1 Å². The monoisotopic (exact) mass is 828 g/mol. The van der Waals surface area contributed by atoms with Gasteiger partial charge < -0.3 is 23.7 Å². The van der Waals surface area contributed by atoms with E-state index in [-0.39, 0.29) is 17.9 Å². The van der Waals surface area contributed by atoms with Gasteiger partial charge in [-0.2, -0.15) is 5.10 Å². The molecular formula is C46H58ClFN6O5. The molecule has 3 aromatic carbocycles. The third-order valence-corrected chi connectivity index (χ3v) is 11.7. The summed E-state index contributed by atoms with van der Waals surface area (Å²) in [7, 11) is 1.93. The van der Waals surface area contributed by atoms with Gasteiger partial charge in [0.05, 0.1) is 22.8 Å². The van der Waals surface area contributed by atoms with Crippen LogP contribution in [0.3, 0.4) is 0 Å². The summed E-state index contributed by atoms with van der Waals surface area (Å²) in [5.41, 5.74) is 4.70. The molecule has 0 radical (unpaired) electrons. The minimum atomic E-state index is -0.722. The maximum absolute atomic E-state index is 14.5. The van der Waals surface area contributed by atoms with Crippen molar-refractivity contribution in [1.82, 2.24) is 29.0 Å². The number of nitrogens with zero attached hydrogens (tertiary/aromatic N) is 6. The van der Waals surface area contributed by atoms with Crippen molar-refractivity contribution < 1.29 is 28.2 Å². The molecule has 316 valence electrons. The van der Waals surface area contributed by atoms with Crippen molar-refractivity contribution in [2.45, 2.75) is 92.0 Å². The Morgan fingerprint density at radius 1 is 0.881 bits per heavy atom. The van der Waals surface area contributed by atoms with Gasteiger partial charge >= 0.3 is 12.1 Å². The summed E-state index contributed by atoms with van der Waals surface area (Å²) in [6.45, 7) is 21.9. The number of rotatable bonds is 11. The third kappa shape index (κ3) is 9.25. The Labute approximate surface area is 351 Å².